The first-order valence-electron chi connectivity index (χ1n) is 6.09. The van der Waals surface area contributed by atoms with Crippen molar-refractivity contribution >= 4 is 17.8 Å². The van der Waals surface area contributed by atoms with Crippen LogP contribution in [0.2, 0.25) is 0 Å². The predicted molar refractivity (Wildman–Crippen MR) is 67.0 cm³/mol. The summed E-state index contributed by atoms with van der Waals surface area (Å²) >= 11 is 0. The second-order valence-electron chi connectivity index (χ2n) is 4.92. The zero-order valence-electron chi connectivity index (χ0n) is 10.6. The average molecular weight is 280 g/mol. The molecule has 1 aromatic rings. The fourth-order valence-electron chi connectivity index (χ4n) is 3.11. The molecule has 2 fully saturated rings. The highest BCUT2D eigenvalue weighted by atomic mass is 16.2. The fraction of sp³-hybridized carbons (Fsp3) is 0.214. The Kier molecular flexibility index (Phi) is 2.38. The second kappa shape index (κ2) is 3.90. The van der Waals surface area contributed by atoms with Crippen LogP contribution in [0.15, 0.2) is 30.3 Å². The number of nitriles is 2. The summed E-state index contributed by atoms with van der Waals surface area (Å²) in [5.74, 6) is -2.73. The first-order valence-corrected chi connectivity index (χ1v) is 6.09. The number of carbonyl (C=O) groups excluding carboxylic acids is 3. The van der Waals surface area contributed by atoms with Gasteiger partial charge in [-0.25, -0.2) is 4.79 Å². The number of barbiturate groups is 1. The van der Waals surface area contributed by atoms with Crippen molar-refractivity contribution < 1.29 is 14.4 Å². The number of urea groups is 1. The Labute approximate surface area is 119 Å². The molecule has 102 valence electrons. The maximum atomic E-state index is 12.2. The minimum Gasteiger partial charge on any atom is -0.277 e. The Bertz CT molecular complexity index is 723. The lowest BCUT2D eigenvalue weighted by Gasteiger charge is -2.21. The molecule has 2 N–H and O–H groups in total. The summed E-state index contributed by atoms with van der Waals surface area (Å²) in [6.07, 6.45) is 0. The molecule has 1 spiro atoms. The average Bonchev–Trinajstić information content (AvgIpc) is 3.11. The summed E-state index contributed by atoms with van der Waals surface area (Å²) < 4.78 is 0. The molecule has 1 saturated heterocycles. The molecule has 0 aromatic heterocycles. The molecule has 0 radical (unpaired) electrons. The molecule has 1 aliphatic heterocycles. The van der Waals surface area contributed by atoms with E-state index in [9.17, 15) is 24.9 Å². The maximum Gasteiger partial charge on any atom is 0.328 e. The highest BCUT2D eigenvalue weighted by Crippen LogP contribution is 2.74. The van der Waals surface area contributed by atoms with E-state index >= 15 is 0 Å². The van der Waals surface area contributed by atoms with E-state index in [2.05, 4.69) is 0 Å². The first kappa shape index (κ1) is 12.8. The number of nitrogens with one attached hydrogen (secondary N) is 2. The third-order valence-electron chi connectivity index (χ3n) is 4.06. The SMILES string of the molecule is N#CC1(C#N)C(c2ccccc2)C12C(=O)NC(=O)NC2=O. The molecule has 7 heteroatoms. The van der Waals surface area contributed by atoms with Crippen molar-refractivity contribution in [3.63, 3.8) is 0 Å². The normalized spacial score (nSPS) is 24.5. The van der Waals surface area contributed by atoms with E-state index in [0.717, 1.165) is 0 Å². The van der Waals surface area contributed by atoms with Gasteiger partial charge in [-0.15, -0.1) is 0 Å². The Balaban J connectivity index is 2.20. The highest BCUT2D eigenvalue weighted by Gasteiger charge is 2.88. The molecule has 4 amide bonds. The van der Waals surface area contributed by atoms with Crippen LogP contribution in [-0.2, 0) is 9.59 Å². The van der Waals surface area contributed by atoms with Crippen molar-refractivity contribution in [2.24, 2.45) is 10.8 Å². The van der Waals surface area contributed by atoms with E-state index < -0.39 is 34.6 Å². The molecule has 1 aromatic carbocycles. The Hall–Kier alpha value is -3.19. The number of amides is 4. The molecule has 2 aliphatic rings. The third kappa shape index (κ3) is 1.27. The zero-order valence-corrected chi connectivity index (χ0v) is 10.6. The summed E-state index contributed by atoms with van der Waals surface area (Å²) in [5.41, 5.74) is -3.17. The van der Waals surface area contributed by atoms with Gasteiger partial charge in [0.1, 0.15) is 0 Å². The van der Waals surface area contributed by atoms with Gasteiger partial charge < -0.3 is 0 Å². The lowest BCUT2D eigenvalue weighted by molar-refractivity contribution is -0.139. The lowest BCUT2D eigenvalue weighted by atomic mass is 9.91. The van der Waals surface area contributed by atoms with E-state index in [0.29, 0.717) is 5.56 Å². The lowest BCUT2D eigenvalue weighted by Crippen LogP contribution is -2.59. The van der Waals surface area contributed by atoms with Crippen molar-refractivity contribution in [2.45, 2.75) is 5.92 Å². The Morgan fingerprint density at radius 2 is 1.48 bits per heavy atom. The van der Waals surface area contributed by atoms with Crippen molar-refractivity contribution in [1.82, 2.24) is 10.6 Å². The van der Waals surface area contributed by atoms with Crippen molar-refractivity contribution in [3.05, 3.63) is 35.9 Å². The molecule has 21 heavy (non-hydrogen) atoms. The van der Waals surface area contributed by atoms with Crippen LogP contribution in [0.4, 0.5) is 4.79 Å². The van der Waals surface area contributed by atoms with Gasteiger partial charge in [-0.1, -0.05) is 30.3 Å². The summed E-state index contributed by atoms with van der Waals surface area (Å²) in [7, 11) is 0. The van der Waals surface area contributed by atoms with Gasteiger partial charge in [0.15, 0.2) is 10.8 Å². The van der Waals surface area contributed by atoms with Crippen LogP contribution >= 0.6 is 0 Å². The summed E-state index contributed by atoms with van der Waals surface area (Å²) in [5, 5.41) is 22.7. The standard InChI is InChI=1S/C14H8N4O3/c15-6-13(7-16)9(8-4-2-1-3-5-8)14(13)10(19)17-12(21)18-11(14)20/h1-5,9H,(H2,17,18,19,20,21). The number of carbonyl (C=O) groups is 3. The van der Waals surface area contributed by atoms with Crippen LogP contribution in [0, 0.1) is 33.5 Å². The van der Waals surface area contributed by atoms with Crippen molar-refractivity contribution in [2.75, 3.05) is 0 Å². The van der Waals surface area contributed by atoms with Gasteiger partial charge in [0.05, 0.1) is 12.1 Å². The molecular weight excluding hydrogens is 272 g/mol. The van der Waals surface area contributed by atoms with E-state index in [1.807, 2.05) is 10.6 Å². The quantitative estimate of drug-likeness (QED) is 0.710. The van der Waals surface area contributed by atoms with Crippen LogP contribution in [0.5, 0.6) is 0 Å². The third-order valence-corrected chi connectivity index (χ3v) is 4.06. The van der Waals surface area contributed by atoms with Crippen molar-refractivity contribution in [1.29, 1.82) is 10.5 Å². The van der Waals surface area contributed by atoms with Crippen LogP contribution in [0.3, 0.4) is 0 Å². The minimum absolute atomic E-state index is 0.528. The van der Waals surface area contributed by atoms with E-state index in [1.165, 1.54) is 0 Å². The number of hydrogen-bond acceptors (Lipinski definition) is 5. The number of nitrogens with zero attached hydrogens (tertiary/aromatic N) is 2. The smallest absolute Gasteiger partial charge is 0.277 e. The number of imide groups is 2. The van der Waals surface area contributed by atoms with Gasteiger partial charge in [0.25, 0.3) is 0 Å². The van der Waals surface area contributed by atoms with E-state index in [4.69, 9.17) is 0 Å². The summed E-state index contributed by atoms with van der Waals surface area (Å²) in [6.45, 7) is 0. The predicted octanol–water partition coefficient (Wildman–Crippen LogP) is 0.170. The van der Waals surface area contributed by atoms with Gasteiger partial charge in [-0.3, -0.25) is 20.2 Å². The fourth-order valence-corrected chi connectivity index (χ4v) is 3.11. The number of hydrogen-bond donors (Lipinski definition) is 2. The van der Waals surface area contributed by atoms with Gasteiger partial charge in [0.2, 0.25) is 11.8 Å². The van der Waals surface area contributed by atoms with Gasteiger partial charge in [-0.05, 0) is 5.56 Å². The van der Waals surface area contributed by atoms with E-state index in [1.54, 1.807) is 42.5 Å². The maximum absolute atomic E-state index is 12.2. The molecule has 3 rings (SSSR count). The molecular formula is C14H8N4O3. The molecule has 1 aliphatic carbocycles. The monoisotopic (exact) mass is 280 g/mol. The topological polar surface area (TPSA) is 123 Å². The summed E-state index contributed by atoms with van der Waals surface area (Å²) in [4.78, 5) is 35.6. The Morgan fingerprint density at radius 1 is 0.952 bits per heavy atom. The van der Waals surface area contributed by atoms with Crippen molar-refractivity contribution in [3.8, 4) is 12.1 Å². The molecule has 0 bridgehead atoms. The van der Waals surface area contributed by atoms with Gasteiger partial charge in [0, 0.05) is 5.92 Å². The van der Waals surface area contributed by atoms with Crippen LogP contribution in [0.25, 0.3) is 0 Å². The highest BCUT2D eigenvalue weighted by molar-refractivity contribution is 6.24. The first-order chi connectivity index (χ1) is 10.0. The second-order valence-corrected chi connectivity index (χ2v) is 4.92. The number of rotatable bonds is 1. The molecule has 1 saturated carbocycles. The number of benzene rings is 1. The van der Waals surface area contributed by atoms with Gasteiger partial charge in [-0.2, -0.15) is 10.5 Å². The molecule has 1 unspecified atom stereocenters. The van der Waals surface area contributed by atoms with Crippen LogP contribution in [0.1, 0.15) is 11.5 Å². The molecule has 1 atom stereocenters. The van der Waals surface area contributed by atoms with Gasteiger partial charge >= 0.3 is 6.03 Å². The zero-order chi connectivity index (χ0) is 15.3. The molecule has 7 nitrogen and oxygen atoms in total. The molecule has 1 heterocycles. The van der Waals surface area contributed by atoms with E-state index in [-0.39, 0.29) is 0 Å². The summed E-state index contributed by atoms with van der Waals surface area (Å²) in [6, 6.07) is 11.0. The van der Waals surface area contributed by atoms with Crippen LogP contribution < -0.4 is 10.6 Å². The minimum atomic E-state index is -1.88. The Morgan fingerprint density at radius 3 is 1.95 bits per heavy atom. The largest absolute Gasteiger partial charge is 0.328 e. The van der Waals surface area contributed by atoms with Crippen LogP contribution in [-0.4, -0.2) is 17.8 Å².